The third-order valence-electron chi connectivity index (χ3n) is 7.02. The Labute approximate surface area is 214 Å². The lowest BCUT2D eigenvalue weighted by Gasteiger charge is -2.50. The molecule has 3 aromatic rings. The van der Waals surface area contributed by atoms with Crippen molar-refractivity contribution >= 4 is 11.8 Å². The molecule has 0 aromatic heterocycles. The summed E-state index contributed by atoms with van der Waals surface area (Å²) in [4.78, 5) is 28.2. The van der Waals surface area contributed by atoms with Crippen LogP contribution in [0.1, 0.15) is 38.1 Å². The predicted molar refractivity (Wildman–Crippen MR) is 131 cm³/mol. The Balaban J connectivity index is 1.37. The molecule has 0 aliphatic carbocycles. The molecule has 8 nitrogen and oxygen atoms in total. The Bertz CT molecular complexity index is 1230. The maximum Gasteiger partial charge on any atom is 0.262 e. The number of hydrogen-bond acceptors (Lipinski definition) is 7. The third-order valence-corrected chi connectivity index (χ3v) is 7.02. The molecule has 6 atom stereocenters. The Kier molecular flexibility index (Phi) is 6.58. The number of methoxy groups -OCH3 is 1. The van der Waals surface area contributed by atoms with Crippen LogP contribution in [0.5, 0.6) is 0 Å². The van der Waals surface area contributed by atoms with E-state index in [1.807, 2.05) is 60.7 Å². The zero-order valence-electron chi connectivity index (χ0n) is 20.3. The van der Waals surface area contributed by atoms with Gasteiger partial charge in [0.25, 0.3) is 11.8 Å². The van der Waals surface area contributed by atoms with Gasteiger partial charge in [-0.05, 0) is 17.7 Å². The van der Waals surface area contributed by atoms with Crippen LogP contribution in [-0.4, -0.2) is 61.1 Å². The van der Waals surface area contributed by atoms with Crippen molar-refractivity contribution in [2.24, 2.45) is 0 Å². The average molecular weight is 502 g/mol. The number of hydrogen-bond donors (Lipinski definition) is 0. The summed E-state index contributed by atoms with van der Waals surface area (Å²) in [6.07, 6.45) is -3.44. The zero-order valence-corrected chi connectivity index (χ0v) is 20.3. The number of carbonyl (C=O) groups excluding carboxylic acids is 2. The SMILES string of the molecule is COC1O[C@@H]2CO[C@@H](c3ccccc3)O[C@H]2[C@H](OCc2ccccc2)[C@H]1N1C(=O)c2ccccc2C1=O. The molecule has 2 amide bonds. The Morgan fingerprint density at radius 3 is 2.11 bits per heavy atom. The van der Waals surface area contributed by atoms with E-state index in [0.29, 0.717) is 11.1 Å². The summed E-state index contributed by atoms with van der Waals surface area (Å²) in [5.74, 6) is -0.815. The van der Waals surface area contributed by atoms with Crippen LogP contribution >= 0.6 is 0 Å². The molecule has 0 bridgehead atoms. The molecule has 3 heterocycles. The van der Waals surface area contributed by atoms with Crippen molar-refractivity contribution in [2.75, 3.05) is 13.7 Å². The van der Waals surface area contributed by atoms with E-state index in [1.54, 1.807) is 24.3 Å². The van der Waals surface area contributed by atoms with Crippen LogP contribution in [0.25, 0.3) is 0 Å². The van der Waals surface area contributed by atoms with Crippen molar-refractivity contribution in [2.45, 2.75) is 43.5 Å². The number of ether oxygens (including phenoxy) is 5. The van der Waals surface area contributed by atoms with Crippen LogP contribution in [-0.2, 0) is 30.3 Å². The van der Waals surface area contributed by atoms with Gasteiger partial charge in [0.2, 0.25) is 0 Å². The normalized spacial score (nSPS) is 29.2. The van der Waals surface area contributed by atoms with Gasteiger partial charge < -0.3 is 23.7 Å². The van der Waals surface area contributed by atoms with Crippen LogP contribution in [0.3, 0.4) is 0 Å². The minimum Gasteiger partial charge on any atom is -0.368 e. The summed E-state index contributed by atoms with van der Waals surface area (Å²) >= 11 is 0. The zero-order chi connectivity index (χ0) is 25.4. The van der Waals surface area contributed by atoms with E-state index in [2.05, 4.69) is 0 Å². The second-order valence-corrected chi connectivity index (χ2v) is 9.23. The Morgan fingerprint density at radius 2 is 1.46 bits per heavy atom. The Hall–Kier alpha value is -3.40. The fourth-order valence-electron chi connectivity index (χ4n) is 5.24. The topological polar surface area (TPSA) is 83.5 Å². The molecule has 0 saturated carbocycles. The highest BCUT2D eigenvalue weighted by Gasteiger charge is 2.56. The second kappa shape index (κ2) is 10.2. The molecule has 8 heteroatoms. The van der Waals surface area contributed by atoms with E-state index in [0.717, 1.165) is 11.1 Å². The van der Waals surface area contributed by atoms with E-state index in [1.165, 1.54) is 12.0 Å². The number of nitrogens with zero attached hydrogens (tertiary/aromatic N) is 1. The molecule has 2 saturated heterocycles. The highest BCUT2D eigenvalue weighted by atomic mass is 16.7. The molecule has 0 N–H and O–H groups in total. The molecule has 3 aromatic carbocycles. The predicted octanol–water partition coefficient (Wildman–Crippen LogP) is 3.72. The van der Waals surface area contributed by atoms with Crippen LogP contribution in [0.15, 0.2) is 84.9 Å². The van der Waals surface area contributed by atoms with Gasteiger partial charge in [-0.25, -0.2) is 0 Å². The first-order valence-electron chi connectivity index (χ1n) is 12.3. The first-order valence-corrected chi connectivity index (χ1v) is 12.3. The van der Waals surface area contributed by atoms with Crippen LogP contribution in [0.2, 0.25) is 0 Å². The number of fused-ring (bicyclic) bond motifs is 2. The lowest BCUT2D eigenvalue weighted by molar-refractivity contribution is -0.351. The molecule has 37 heavy (non-hydrogen) atoms. The van der Waals surface area contributed by atoms with Gasteiger partial charge >= 0.3 is 0 Å². The number of carbonyl (C=O) groups is 2. The van der Waals surface area contributed by atoms with E-state index in [9.17, 15) is 9.59 Å². The molecule has 190 valence electrons. The molecule has 3 aliphatic heterocycles. The van der Waals surface area contributed by atoms with Crippen molar-refractivity contribution < 1.29 is 33.3 Å². The fraction of sp³-hybridized carbons (Fsp3) is 0.310. The van der Waals surface area contributed by atoms with E-state index in [-0.39, 0.29) is 13.2 Å². The summed E-state index contributed by atoms with van der Waals surface area (Å²) in [6.45, 7) is 0.495. The summed E-state index contributed by atoms with van der Waals surface area (Å²) < 4.78 is 30.8. The number of amides is 2. The summed E-state index contributed by atoms with van der Waals surface area (Å²) in [7, 11) is 1.49. The first-order chi connectivity index (χ1) is 18.2. The van der Waals surface area contributed by atoms with Gasteiger partial charge in [-0.2, -0.15) is 0 Å². The smallest absolute Gasteiger partial charge is 0.262 e. The molecule has 1 unspecified atom stereocenters. The maximum atomic E-state index is 13.5. The van der Waals surface area contributed by atoms with Gasteiger partial charge in [-0.1, -0.05) is 72.8 Å². The van der Waals surface area contributed by atoms with Crippen LogP contribution in [0.4, 0.5) is 0 Å². The van der Waals surface area contributed by atoms with E-state index >= 15 is 0 Å². The minimum atomic E-state index is -0.926. The van der Waals surface area contributed by atoms with Crippen molar-refractivity contribution in [3.05, 3.63) is 107 Å². The molecular weight excluding hydrogens is 474 g/mol. The summed E-state index contributed by atoms with van der Waals surface area (Å²) in [6, 6.07) is 25.2. The fourth-order valence-corrected chi connectivity index (χ4v) is 5.24. The number of rotatable bonds is 6. The molecule has 0 spiro atoms. The van der Waals surface area contributed by atoms with Gasteiger partial charge in [0.1, 0.15) is 24.4 Å². The van der Waals surface area contributed by atoms with Gasteiger partial charge in [-0.3, -0.25) is 14.5 Å². The van der Waals surface area contributed by atoms with Crippen molar-refractivity contribution in [1.82, 2.24) is 4.90 Å². The summed E-state index contributed by atoms with van der Waals surface area (Å²) in [5, 5.41) is 0. The quantitative estimate of drug-likeness (QED) is 0.476. The molecular formula is C29H27NO7. The van der Waals surface area contributed by atoms with E-state index in [4.69, 9.17) is 23.7 Å². The number of imide groups is 1. The van der Waals surface area contributed by atoms with E-state index < -0.39 is 48.7 Å². The van der Waals surface area contributed by atoms with Crippen molar-refractivity contribution in [3.63, 3.8) is 0 Å². The van der Waals surface area contributed by atoms with Crippen LogP contribution < -0.4 is 0 Å². The van der Waals surface area contributed by atoms with Crippen molar-refractivity contribution in [1.29, 1.82) is 0 Å². The van der Waals surface area contributed by atoms with Gasteiger partial charge in [-0.15, -0.1) is 0 Å². The monoisotopic (exact) mass is 501 g/mol. The minimum absolute atomic E-state index is 0.240. The molecule has 3 aliphatic rings. The third kappa shape index (κ3) is 4.37. The largest absolute Gasteiger partial charge is 0.368 e. The number of benzene rings is 3. The maximum absolute atomic E-state index is 13.5. The lowest BCUT2D eigenvalue weighted by Crippen LogP contribution is -2.68. The van der Waals surface area contributed by atoms with Gasteiger partial charge in [0, 0.05) is 12.7 Å². The second-order valence-electron chi connectivity index (χ2n) is 9.23. The highest BCUT2D eigenvalue weighted by molar-refractivity contribution is 6.21. The van der Waals surface area contributed by atoms with Crippen LogP contribution in [0, 0.1) is 0 Å². The molecule has 0 radical (unpaired) electrons. The summed E-state index contributed by atoms with van der Waals surface area (Å²) in [5.41, 5.74) is 2.50. The molecule has 2 fully saturated rings. The lowest BCUT2D eigenvalue weighted by atomic mass is 9.94. The molecule has 6 rings (SSSR count). The average Bonchev–Trinajstić information content (AvgIpc) is 3.21. The van der Waals surface area contributed by atoms with Gasteiger partial charge in [0.15, 0.2) is 12.6 Å². The standard InChI is InChI=1S/C29H27NO7/c1-33-29-23(30-26(31)20-14-8-9-15-21(20)27(30)32)25(34-16-18-10-4-2-5-11-18)24-22(36-29)17-35-28(37-24)19-12-6-3-7-13-19/h2-15,22-25,28-29H,16-17H2,1H3/t22-,23-,24-,25-,28-,29?/m1/s1. The first kappa shape index (κ1) is 24.0. The Morgan fingerprint density at radius 1 is 0.838 bits per heavy atom. The van der Waals surface area contributed by atoms with Gasteiger partial charge in [0.05, 0.1) is 24.3 Å². The van der Waals surface area contributed by atoms with Crippen molar-refractivity contribution in [3.8, 4) is 0 Å². The highest BCUT2D eigenvalue weighted by Crippen LogP contribution is 2.39.